The number of hydrogen-bond acceptors (Lipinski definition) is 5. The second kappa shape index (κ2) is 8.17. The summed E-state index contributed by atoms with van der Waals surface area (Å²) in [7, 11) is 2.21. The Kier molecular flexibility index (Phi) is 5.23. The van der Waals surface area contributed by atoms with Crippen LogP contribution in [0.2, 0.25) is 0 Å². The van der Waals surface area contributed by atoms with Gasteiger partial charge in [-0.2, -0.15) is 0 Å². The Bertz CT molecular complexity index is 926. The molecule has 1 aromatic carbocycles. The zero-order valence-corrected chi connectivity index (χ0v) is 17.6. The minimum Gasteiger partial charge on any atom is -0.305 e. The number of piperazine rings is 1. The summed E-state index contributed by atoms with van der Waals surface area (Å²) in [6, 6.07) is 17.7. The Labute approximate surface area is 179 Å². The number of hydrazine groups is 1. The standard InChI is InChI=1S/C25H29N5/c1-28-14-16-29(17-15-28)30-20-25(18-21-6-10-26-11-7-21,19-22-8-12-27-13-9-22)23-4-2-3-5-24(23)30/h2-13H,14-20H2,1H3. The Morgan fingerprint density at radius 2 is 1.33 bits per heavy atom. The van der Waals surface area contributed by atoms with Crippen LogP contribution in [0.25, 0.3) is 0 Å². The maximum absolute atomic E-state index is 4.23. The Balaban J connectivity index is 1.55. The van der Waals surface area contributed by atoms with Crippen LogP contribution >= 0.6 is 0 Å². The van der Waals surface area contributed by atoms with Crippen molar-refractivity contribution in [2.24, 2.45) is 0 Å². The number of likely N-dealkylation sites (N-methyl/N-ethyl adjacent to an activating group) is 1. The molecule has 0 radical (unpaired) electrons. The quantitative estimate of drug-likeness (QED) is 0.659. The van der Waals surface area contributed by atoms with Crippen molar-refractivity contribution >= 4 is 5.69 Å². The van der Waals surface area contributed by atoms with Crippen molar-refractivity contribution in [2.45, 2.75) is 18.3 Å². The van der Waals surface area contributed by atoms with E-state index in [9.17, 15) is 0 Å². The van der Waals surface area contributed by atoms with E-state index in [1.54, 1.807) is 0 Å². The van der Waals surface area contributed by atoms with Gasteiger partial charge >= 0.3 is 0 Å². The molecule has 1 saturated heterocycles. The highest BCUT2D eigenvalue weighted by atomic mass is 15.6. The van der Waals surface area contributed by atoms with Crippen molar-refractivity contribution in [2.75, 3.05) is 44.8 Å². The van der Waals surface area contributed by atoms with Crippen LogP contribution in [-0.4, -0.2) is 59.6 Å². The van der Waals surface area contributed by atoms with Gasteiger partial charge in [-0.15, -0.1) is 0 Å². The first kappa shape index (κ1) is 19.2. The fraction of sp³-hybridized carbons (Fsp3) is 0.360. The van der Waals surface area contributed by atoms with Gasteiger partial charge < -0.3 is 9.91 Å². The van der Waals surface area contributed by atoms with E-state index in [-0.39, 0.29) is 5.41 Å². The van der Waals surface area contributed by atoms with E-state index in [2.05, 4.69) is 80.5 Å². The van der Waals surface area contributed by atoms with E-state index in [0.29, 0.717) is 0 Å². The highest BCUT2D eigenvalue weighted by molar-refractivity contribution is 5.63. The normalized spacial score (nSPS) is 19.0. The van der Waals surface area contributed by atoms with E-state index in [0.717, 1.165) is 45.6 Å². The highest BCUT2D eigenvalue weighted by Crippen LogP contribution is 2.45. The average molecular weight is 400 g/mol. The molecule has 3 aromatic rings. The Morgan fingerprint density at radius 1 is 0.767 bits per heavy atom. The van der Waals surface area contributed by atoms with Gasteiger partial charge in [-0.05, 0) is 66.9 Å². The third-order valence-electron chi connectivity index (χ3n) is 6.61. The van der Waals surface area contributed by atoms with Crippen LogP contribution in [0.4, 0.5) is 5.69 Å². The van der Waals surface area contributed by atoms with Gasteiger partial charge in [0.1, 0.15) is 0 Å². The Morgan fingerprint density at radius 3 is 1.93 bits per heavy atom. The van der Waals surface area contributed by atoms with Gasteiger partial charge in [0.2, 0.25) is 0 Å². The van der Waals surface area contributed by atoms with E-state index >= 15 is 0 Å². The highest BCUT2D eigenvalue weighted by Gasteiger charge is 2.44. The number of aromatic nitrogens is 2. The van der Waals surface area contributed by atoms with Crippen LogP contribution in [0.5, 0.6) is 0 Å². The summed E-state index contributed by atoms with van der Waals surface area (Å²) in [6.07, 6.45) is 9.64. The number of para-hydroxylation sites is 1. The molecule has 5 nitrogen and oxygen atoms in total. The van der Waals surface area contributed by atoms with Crippen LogP contribution in [0.3, 0.4) is 0 Å². The molecule has 0 spiro atoms. The summed E-state index contributed by atoms with van der Waals surface area (Å²) >= 11 is 0. The molecule has 4 heterocycles. The number of benzene rings is 1. The van der Waals surface area contributed by atoms with Gasteiger partial charge in [-0.1, -0.05) is 18.2 Å². The lowest BCUT2D eigenvalue weighted by Gasteiger charge is -2.41. The summed E-state index contributed by atoms with van der Waals surface area (Å²) in [5.74, 6) is 0. The summed E-state index contributed by atoms with van der Waals surface area (Å²) < 4.78 is 0. The molecule has 0 saturated carbocycles. The maximum Gasteiger partial charge on any atom is 0.0561 e. The summed E-state index contributed by atoms with van der Waals surface area (Å²) in [5.41, 5.74) is 5.52. The second-order valence-corrected chi connectivity index (χ2v) is 8.68. The van der Waals surface area contributed by atoms with Crippen LogP contribution in [-0.2, 0) is 18.3 Å². The number of nitrogens with zero attached hydrogens (tertiary/aromatic N) is 5. The van der Waals surface area contributed by atoms with Crippen molar-refractivity contribution in [3.8, 4) is 0 Å². The summed E-state index contributed by atoms with van der Waals surface area (Å²) in [6.45, 7) is 5.37. The van der Waals surface area contributed by atoms with Gasteiger partial charge in [0.15, 0.2) is 0 Å². The van der Waals surface area contributed by atoms with Crippen LogP contribution in [0.1, 0.15) is 16.7 Å². The molecular formula is C25H29N5. The zero-order chi connectivity index (χ0) is 20.4. The minimum absolute atomic E-state index is 0.0165. The van der Waals surface area contributed by atoms with Gasteiger partial charge in [0.05, 0.1) is 5.69 Å². The first-order chi connectivity index (χ1) is 14.7. The molecule has 5 heteroatoms. The number of fused-ring (bicyclic) bond motifs is 1. The molecule has 2 aromatic heterocycles. The molecule has 0 amide bonds. The first-order valence-corrected chi connectivity index (χ1v) is 10.8. The molecule has 1 fully saturated rings. The minimum atomic E-state index is 0.0165. The lowest BCUT2D eigenvalue weighted by Crippen LogP contribution is -2.54. The van der Waals surface area contributed by atoms with Crippen LogP contribution < -0.4 is 5.01 Å². The fourth-order valence-electron chi connectivity index (χ4n) is 5.04. The Hall–Kier alpha value is -2.76. The SMILES string of the molecule is CN1CCN(N2CC(Cc3ccncc3)(Cc3ccncc3)c3ccccc32)CC1. The number of rotatable bonds is 5. The molecule has 154 valence electrons. The van der Waals surface area contributed by atoms with Gasteiger partial charge in [-0.3, -0.25) is 9.97 Å². The van der Waals surface area contributed by atoms with Crippen LogP contribution in [0.15, 0.2) is 73.3 Å². The summed E-state index contributed by atoms with van der Waals surface area (Å²) in [4.78, 5) is 10.9. The van der Waals surface area contributed by atoms with Crippen molar-refractivity contribution in [1.82, 2.24) is 19.9 Å². The van der Waals surface area contributed by atoms with Gasteiger partial charge in [0.25, 0.3) is 0 Å². The average Bonchev–Trinajstić information content (AvgIpc) is 3.10. The lowest BCUT2D eigenvalue weighted by molar-refractivity contribution is 0.138. The molecule has 5 rings (SSSR count). The lowest BCUT2D eigenvalue weighted by atomic mass is 9.73. The number of hydrogen-bond donors (Lipinski definition) is 0. The molecule has 0 aliphatic carbocycles. The monoisotopic (exact) mass is 399 g/mol. The van der Waals surface area contributed by atoms with Crippen LogP contribution in [0, 0.1) is 0 Å². The fourth-order valence-corrected chi connectivity index (χ4v) is 5.04. The molecule has 2 aliphatic heterocycles. The van der Waals surface area contributed by atoms with E-state index in [4.69, 9.17) is 0 Å². The zero-order valence-electron chi connectivity index (χ0n) is 17.6. The molecule has 0 bridgehead atoms. The topological polar surface area (TPSA) is 35.5 Å². The third-order valence-corrected chi connectivity index (χ3v) is 6.61. The molecular weight excluding hydrogens is 370 g/mol. The van der Waals surface area contributed by atoms with E-state index in [1.165, 1.54) is 22.4 Å². The largest absolute Gasteiger partial charge is 0.305 e. The predicted molar refractivity (Wildman–Crippen MR) is 120 cm³/mol. The molecule has 0 N–H and O–H groups in total. The maximum atomic E-state index is 4.23. The van der Waals surface area contributed by atoms with Crippen molar-refractivity contribution in [3.05, 3.63) is 90.0 Å². The predicted octanol–water partition coefficient (Wildman–Crippen LogP) is 3.18. The number of anilines is 1. The van der Waals surface area contributed by atoms with Crippen molar-refractivity contribution < 1.29 is 0 Å². The molecule has 0 unspecified atom stereocenters. The number of pyridine rings is 2. The summed E-state index contributed by atoms with van der Waals surface area (Å²) in [5, 5.41) is 5.12. The van der Waals surface area contributed by atoms with Crippen molar-refractivity contribution in [3.63, 3.8) is 0 Å². The molecule has 30 heavy (non-hydrogen) atoms. The van der Waals surface area contributed by atoms with E-state index in [1.807, 2.05) is 24.8 Å². The molecule has 2 aliphatic rings. The smallest absolute Gasteiger partial charge is 0.0561 e. The van der Waals surface area contributed by atoms with Gasteiger partial charge in [-0.25, -0.2) is 5.01 Å². The first-order valence-electron chi connectivity index (χ1n) is 10.8. The van der Waals surface area contributed by atoms with E-state index < -0.39 is 0 Å². The second-order valence-electron chi connectivity index (χ2n) is 8.68. The van der Waals surface area contributed by atoms with Gasteiger partial charge in [0, 0.05) is 62.9 Å². The van der Waals surface area contributed by atoms with Crippen molar-refractivity contribution in [1.29, 1.82) is 0 Å². The third kappa shape index (κ3) is 3.71. The molecule has 0 atom stereocenters.